The van der Waals surface area contributed by atoms with Gasteiger partial charge >= 0.3 is 0 Å². The van der Waals surface area contributed by atoms with Gasteiger partial charge < -0.3 is 5.32 Å². The summed E-state index contributed by atoms with van der Waals surface area (Å²) in [7, 11) is 0. The topological polar surface area (TPSA) is 28.2 Å². The minimum absolute atomic E-state index is 0.00513. The molecule has 1 heterocycles. The van der Waals surface area contributed by atoms with E-state index < -0.39 is 5.92 Å². The molecule has 1 aromatic heterocycles. The van der Waals surface area contributed by atoms with Crippen molar-refractivity contribution >= 4 is 0 Å². The summed E-state index contributed by atoms with van der Waals surface area (Å²) in [6.45, 7) is 2.75. The van der Waals surface area contributed by atoms with E-state index in [2.05, 4.69) is 70.9 Å². The molecule has 2 aromatic carbocycles. The number of pyridine rings is 1. The SMILES string of the molecule is FC1(F)CCC(NCc2ccc(CN(C[C@@H]3CCc4ccccc4C3)[C@H]3CCCc4cccnc43)cc2)CC1. The molecule has 0 radical (unpaired) electrons. The number of fused-ring (bicyclic) bond motifs is 2. The third kappa shape index (κ3) is 6.58. The van der Waals surface area contributed by atoms with Gasteiger partial charge in [0.25, 0.3) is 0 Å². The third-order valence-corrected chi connectivity index (χ3v) is 9.27. The molecule has 2 atom stereocenters. The summed E-state index contributed by atoms with van der Waals surface area (Å²) in [5, 5.41) is 3.51. The van der Waals surface area contributed by atoms with Gasteiger partial charge in [0.2, 0.25) is 5.92 Å². The van der Waals surface area contributed by atoms with Gasteiger partial charge in [-0.2, -0.15) is 0 Å². The number of aromatic nitrogens is 1. The summed E-state index contributed by atoms with van der Waals surface area (Å²) in [5.74, 6) is -1.82. The Morgan fingerprint density at radius 2 is 1.56 bits per heavy atom. The van der Waals surface area contributed by atoms with E-state index >= 15 is 0 Å². The monoisotopic (exact) mass is 529 g/mol. The minimum atomic E-state index is -2.47. The van der Waals surface area contributed by atoms with Crippen LogP contribution in [0.5, 0.6) is 0 Å². The Hall–Kier alpha value is -2.63. The van der Waals surface area contributed by atoms with Crippen molar-refractivity contribution in [3.05, 3.63) is 100 Å². The van der Waals surface area contributed by atoms with Crippen LogP contribution in [0.3, 0.4) is 0 Å². The fourth-order valence-electron chi connectivity index (χ4n) is 7.01. The quantitative estimate of drug-likeness (QED) is 0.329. The Morgan fingerprint density at radius 1 is 0.821 bits per heavy atom. The van der Waals surface area contributed by atoms with Crippen molar-refractivity contribution in [2.75, 3.05) is 6.54 Å². The van der Waals surface area contributed by atoms with Crippen LogP contribution in [0.2, 0.25) is 0 Å². The molecule has 3 nitrogen and oxygen atoms in total. The van der Waals surface area contributed by atoms with Crippen LogP contribution in [0.15, 0.2) is 66.9 Å². The summed E-state index contributed by atoms with van der Waals surface area (Å²) in [6, 6.07) is 22.8. The van der Waals surface area contributed by atoms with Crippen molar-refractivity contribution in [1.82, 2.24) is 15.2 Å². The number of benzene rings is 2. The molecule has 3 aromatic rings. The van der Waals surface area contributed by atoms with Crippen molar-refractivity contribution in [2.45, 2.75) is 95.3 Å². The van der Waals surface area contributed by atoms with Crippen molar-refractivity contribution in [3.8, 4) is 0 Å². The molecule has 206 valence electrons. The second-order valence-electron chi connectivity index (χ2n) is 12.1. The van der Waals surface area contributed by atoms with Crippen molar-refractivity contribution in [1.29, 1.82) is 0 Å². The summed E-state index contributed by atoms with van der Waals surface area (Å²) in [5.41, 5.74) is 8.28. The van der Waals surface area contributed by atoms with E-state index in [4.69, 9.17) is 4.98 Å². The van der Waals surface area contributed by atoms with Crippen LogP contribution in [0.25, 0.3) is 0 Å². The Bertz CT molecular complexity index is 1230. The van der Waals surface area contributed by atoms with Gasteiger partial charge in [-0.3, -0.25) is 9.88 Å². The first-order chi connectivity index (χ1) is 19.0. The fraction of sp³-hybridized carbons (Fsp3) is 0.500. The lowest BCUT2D eigenvalue weighted by Crippen LogP contribution is -2.37. The van der Waals surface area contributed by atoms with Crippen molar-refractivity contribution in [3.63, 3.8) is 0 Å². The zero-order valence-electron chi connectivity index (χ0n) is 22.9. The molecule has 3 aliphatic rings. The van der Waals surface area contributed by atoms with Gasteiger partial charge in [0.15, 0.2) is 0 Å². The van der Waals surface area contributed by atoms with Gasteiger partial charge in [-0.05, 0) is 91.2 Å². The number of hydrogen-bond donors (Lipinski definition) is 1. The highest BCUT2D eigenvalue weighted by Crippen LogP contribution is 2.36. The number of nitrogens with one attached hydrogen (secondary N) is 1. The van der Waals surface area contributed by atoms with E-state index in [9.17, 15) is 8.78 Å². The molecule has 0 spiro atoms. The molecule has 1 N–H and O–H groups in total. The van der Waals surface area contributed by atoms with Gasteiger partial charge in [0.05, 0.1) is 11.7 Å². The Kier molecular flexibility index (Phi) is 8.08. The molecule has 0 amide bonds. The normalized spacial score (nSPS) is 22.8. The van der Waals surface area contributed by atoms with Crippen LogP contribution in [0.1, 0.15) is 84.5 Å². The number of alkyl halides is 2. The van der Waals surface area contributed by atoms with Crippen LogP contribution in [-0.2, 0) is 32.4 Å². The molecule has 0 aliphatic heterocycles. The molecule has 1 fully saturated rings. The van der Waals surface area contributed by atoms with Gasteiger partial charge in [0.1, 0.15) is 0 Å². The second-order valence-corrected chi connectivity index (χ2v) is 12.1. The van der Waals surface area contributed by atoms with Crippen LogP contribution in [0.4, 0.5) is 8.78 Å². The lowest BCUT2D eigenvalue weighted by Gasteiger charge is -2.38. The largest absolute Gasteiger partial charge is 0.310 e. The average molecular weight is 530 g/mol. The predicted octanol–water partition coefficient (Wildman–Crippen LogP) is 7.43. The highest BCUT2D eigenvalue weighted by molar-refractivity contribution is 5.30. The first-order valence-electron chi connectivity index (χ1n) is 15.0. The first-order valence-corrected chi connectivity index (χ1v) is 15.0. The highest BCUT2D eigenvalue weighted by atomic mass is 19.3. The van der Waals surface area contributed by atoms with Gasteiger partial charge in [-0.1, -0.05) is 54.6 Å². The average Bonchev–Trinajstić information content (AvgIpc) is 2.97. The number of rotatable bonds is 8. The number of hydrogen-bond acceptors (Lipinski definition) is 3. The first kappa shape index (κ1) is 26.6. The molecule has 3 aliphatic carbocycles. The number of nitrogens with zero attached hydrogens (tertiary/aromatic N) is 2. The Labute approximate surface area is 232 Å². The lowest BCUT2D eigenvalue weighted by molar-refractivity contribution is -0.0405. The van der Waals surface area contributed by atoms with Crippen LogP contribution in [0, 0.1) is 5.92 Å². The number of halogens is 2. The van der Waals surface area contributed by atoms with Crippen LogP contribution < -0.4 is 5.32 Å². The highest BCUT2D eigenvalue weighted by Gasteiger charge is 2.34. The smallest absolute Gasteiger partial charge is 0.248 e. The molecule has 1 saturated carbocycles. The van der Waals surface area contributed by atoms with E-state index in [-0.39, 0.29) is 18.9 Å². The van der Waals surface area contributed by atoms with Gasteiger partial charge in [-0.15, -0.1) is 0 Å². The van der Waals surface area contributed by atoms with E-state index in [1.54, 1.807) is 0 Å². The molecule has 5 heteroatoms. The van der Waals surface area contributed by atoms with Crippen molar-refractivity contribution in [2.24, 2.45) is 5.92 Å². The summed E-state index contributed by atoms with van der Waals surface area (Å²) < 4.78 is 27.0. The summed E-state index contributed by atoms with van der Waals surface area (Å²) in [6.07, 6.45) is 10.2. The standard InChI is InChI=1S/C34H41F2N3/c35-34(36)18-16-31(17-19-34)38-22-25-10-12-26(13-11-25)23-39(32-9-3-7-29-8-4-20-37-33(29)32)24-27-14-15-28-5-1-2-6-30(28)21-27/h1-2,4-6,8,10-13,20,27,31-32,38H,3,7,9,14-19,21-24H2/t27-,32+/m1/s1. The molecule has 39 heavy (non-hydrogen) atoms. The number of aryl methyl sites for hydroxylation is 2. The summed E-state index contributed by atoms with van der Waals surface area (Å²) >= 11 is 0. The van der Waals surface area contributed by atoms with E-state index in [0.29, 0.717) is 24.8 Å². The lowest BCUT2D eigenvalue weighted by atomic mass is 9.82. The van der Waals surface area contributed by atoms with Crippen LogP contribution in [-0.4, -0.2) is 28.4 Å². The van der Waals surface area contributed by atoms with Crippen LogP contribution >= 0.6 is 0 Å². The summed E-state index contributed by atoms with van der Waals surface area (Å²) in [4.78, 5) is 7.59. The third-order valence-electron chi connectivity index (χ3n) is 9.27. The van der Waals surface area contributed by atoms with Gasteiger partial charge in [0, 0.05) is 44.7 Å². The predicted molar refractivity (Wildman–Crippen MR) is 153 cm³/mol. The van der Waals surface area contributed by atoms with E-state index in [1.165, 1.54) is 52.8 Å². The Morgan fingerprint density at radius 3 is 2.38 bits per heavy atom. The molecule has 0 unspecified atom stereocenters. The molecular weight excluding hydrogens is 488 g/mol. The molecular formula is C34H41F2N3. The van der Waals surface area contributed by atoms with E-state index in [0.717, 1.165) is 38.9 Å². The van der Waals surface area contributed by atoms with E-state index in [1.807, 2.05) is 6.20 Å². The second kappa shape index (κ2) is 11.9. The van der Waals surface area contributed by atoms with Gasteiger partial charge in [-0.25, -0.2) is 8.78 Å². The minimum Gasteiger partial charge on any atom is -0.310 e. The maximum atomic E-state index is 13.5. The zero-order valence-corrected chi connectivity index (χ0v) is 22.9. The maximum absolute atomic E-state index is 13.5. The molecule has 6 rings (SSSR count). The maximum Gasteiger partial charge on any atom is 0.248 e. The van der Waals surface area contributed by atoms with Crippen molar-refractivity contribution < 1.29 is 8.78 Å². The Balaban J connectivity index is 1.14. The zero-order chi connectivity index (χ0) is 26.7. The fourth-order valence-corrected chi connectivity index (χ4v) is 7.01. The molecule has 0 bridgehead atoms. The molecule has 0 saturated heterocycles.